The van der Waals surface area contributed by atoms with Gasteiger partial charge in [-0.05, 0) is 122 Å². The Labute approximate surface area is 286 Å². The Hall–Kier alpha value is -3.93. The second-order valence-corrected chi connectivity index (χ2v) is 15.2. The van der Waals surface area contributed by atoms with Gasteiger partial charge in [0.25, 0.3) is 0 Å². The summed E-state index contributed by atoms with van der Waals surface area (Å²) in [6, 6.07) is 10.5. The molecular formula is C42H54F3N3. The fraction of sp³-hybridized carbons (Fsp3) is 0.429. The minimum atomic E-state index is -0.958. The summed E-state index contributed by atoms with van der Waals surface area (Å²) < 4.78 is 51.9. The Morgan fingerprint density at radius 1 is 0.333 bits per heavy atom. The van der Waals surface area contributed by atoms with E-state index in [0.717, 1.165) is 33.4 Å². The lowest BCUT2D eigenvalue weighted by atomic mass is 9.83. The summed E-state index contributed by atoms with van der Waals surface area (Å²) in [6.07, 6.45) is 0. The van der Waals surface area contributed by atoms with Crippen LogP contribution in [0.15, 0.2) is 36.4 Å². The highest BCUT2D eigenvalue weighted by Crippen LogP contribution is 2.47. The monoisotopic (exact) mass is 657 g/mol. The van der Waals surface area contributed by atoms with Gasteiger partial charge in [-0.3, -0.25) is 0 Å². The summed E-state index contributed by atoms with van der Waals surface area (Å²) >= 11 is 0. The first-order valence-corrected chi connectivity index (χ1v) is 17.3. The van der Waals surface area contributed by atoms with E-state index >= 15 is 13.2 Å². The Morgan fingerprint density at radius 2 is 0.479 bits per heavy atom. The standard InChI is InChI=1S/C42H54F3N3/c1-19(2)28-13-25(14-29(20(3)4)40(28)46)34-37(43)35(26-15-30(21(5)6)41(47)31(16-26)22(7)8)39(45)36(38(34)44)27-17-32(23(9)10)42(48)33(18-27)24(11)12/h13-24H,46-48H2,1-12H3. The van der Waals surface area contributed by atoms with Gasteiger partial charge in [0.15, 0.2) is 0 Å². The van der Waals surface area contributed by atoms with Gasteiger partial charge in [0, 0.05) is 17.1 Å². The molecule has 0 heterocycles. The molecule has 48 heavy (non-hydrogen) atoms. The lowest BCUT2D eigenvalue weighted by Gasteiger charge is -2.24. The molecule has 0 bridgehead atoms. The summed E-state index contributed by atoms with van der Waals surface area (Å²) in [5, 5.41) is 0. The zero-order valence-electron chi connectivity index (χ0n) is 30.8. The largest absolute Gasteiger partial charge is 0.398 e. The number of hydrogen-bond acceptors (Lipinski definition) is 3. The zero-order chi connectivity index (χ0) is 36.1. The average Bonchev–Trinajstić information content (AvgIpc) is 2.98. The van der Waals surface area contributed by atoms with Crippen LogP contribution in [0.2, 0.25) is 0 Å². The van der Waals surface area contributed by atoms with E-state index in [0.29, 0.717) is 33.8 Å². The summed E-state index contributed by atoms with van der Waals surface area (Å²) in [6.45, 7) is 24.0. The van der Waals surface area contributed by atoms with Crippen LogP contribution in [0.1, 0.15) is 152 Å². The van der Waals surface area contributed by atoms with Gasteiger partial charge in [-0.15, -0.1) is 0 Å². The zero-order valence-corrected chi connectivity index (χ0v) is 30.8. The summed E-state index contributed by atoms with van der Waals surface area (Å²) in [5.41, 5.74) is 26.5. The number of halogens is 3. The Balaban J connectivity index is 2.29. The van der Waals surface area contributed by atoms with Crippen molar-refractivity contribution in [3.05, 3.63) is 87.2 Å². The number of benzene rings is 4. The predicted octanol–water partition coefficient (Wildman–Crippen LogP) is 12.6. The molecule has 0 spiro atoms. The minimum Gasteiger partial charge on any atom is -0.398 e. The van der Waals surface area contributed by atoms with E-state index in [9.17, 15) is 0 Å². The number of hydrogen-bond donors (Lipinski definition) is 3. The molecule has 0 fully saturated rings. The smallest absolute Gasteiger partial charge is 0.144 e. The van der Waals surface area contributed by atoms with E-state index in [4.69, 9.17) is 17.2 Å². The van der Waals surface area contributed by atoms with Crippen LogP contribution in [-0.4, -0.2) is 0 Å². The van der Waals surface area contributed by atoms with Crippen molar-refractivity contribution in [2.75, 3.05) is 17.2 Å². The van der Waals surface area contributed by atoms with Gasteiger partial charge < -0.3 is 17.2 Å². The number of nitrogen functional groups attached to an aromatic ring is 3. The first-order valence-electron chi connectivity index (χ1n) is 17.3. The molecule has 0 saturated carbocycles. The van der Waals surface area contributed by atoms with Crippen LogP contribution in [0.25, 0.3) is 33.4 Å². The molecule has 0 atom stereocenters. The van der Waals surface area contributed by atoms with Gasteiger partial charge in [0.1, 0.15) is 17.5 Å². The summed E-state index contributed by atoms with van der Waals surface area (Å²) in [5.74, 6) is -2.92. The number of nitrogens with two attached hydrogens (primary N) is 3. The number of rotatable bonds is 9. The lowest BCUT2D eigenvalue weighted by molar-refractivity contribution is 0.557. The van der Waals surface area contributed by atoms with Crippen LogP contribution in [0.3, 0.4) is 0 Å². The molecule has 4 aromatic carbocycles. The Bertz CT molecular complexity index is 1530. The van der Waals surface area contributed by atoms with E-state index in [1.54, 1.807) is 36.4 Å². The van der Waals surface area contributed by atoms with E-state index < -0.39 is 17.5 Å². The van der Waals surface area contributed by atoms with Crippen molar-refractivity contribution in [3.8, 4) is 33.4 Å². The lowest BCUT2D eigenvalue weighted by Crippen LogP contribution is -2.09. The van der Waals surface area contributed by atoms with Crippen LogP contribution in [0.5, 0.6) is 0 Å². The molecule has 0 radical (unpaired) electrons. The highest BCUT2D eigenvalue weighted by Gasteiger charge is 2.31. The molecule has 0 aliphatic rings. The third kappa shape index (κ3) is 6.55. The number of anilines is 3. The van der Waals surface area contributed by atoms with E-state index in [1.807, 2.05) is 83.1 Å². The van der Waals surface area contributed by atoms with Crippen LogP contribution >= 0.6 is 0 Å². The van der Waals surface area contributed by atoms with Crippen molar-refractivity contribution in [2.45, 2.75) is 119 Å². The Kier molecular flexibility index (Phi) is 10.7. The molecule has 6 heteroatoms. The molecule has 0 saturated heterocycles. The van der Waals surface area contributed by atoms with Gasteiger partial charge >= 0.3 is 0 Å². The molecule has 0 aliphatic carbocycles. The fourth-order valence-electron chi connectivity index (χ4n) is 6.82. The van der Waals surface area contributed by atoms with Crippen LogP contribution in [0.4, 0.5) is 30.2 Å². The van der Waals surface area contributed by atoms with Crippen molar-refractivity contribution in [2.24, 2.45) is 0 Å². The molecule has 258 valence electrons. The first-order chi connectivity index (χ1) is 22.3. The van der Waals surface area contributed by atoms with Crippen molar-refractivity contribution >= 4 is 17.1 Å². The average molecular weight is 658 g/mol. The fourth-order valence-corrected chi connectivity index (χ4v) is 6.82. The van der Waals surface area contributed by atoms with Gasteiger partial charge in [-0.1, -0.05) is 83.1 Å². The molecule has 3 nitrogen and oxygen atoms in total. The highest BCUT2D eigenvalue weighted by molar-refractivity contribution is 5.87. The van der Waals surface area contributed by atoms with Gasteiger partial charge in [-0.25, -0.2) is 13.2 Å². The second kappa shape index (κ2) is 13.9. The van der Waals surface area contributed by atoms with E-state index in [1.165, 1.54) is 0 Å². The Morgan fingerprint density at radius 3 is 0.604 bits per heavy atom. The molecule has 4 rings (SSSR count). The molecular weight excluding hydrogens is 603 g/mol. The predicted molar refractivity (Wildman–Crippen MR) is 200 cm³/mol. The molecule has 0 amide bonds. The maximum Gasteiger partial charge on any atom is 0.144 e. The van der Waals surface area contributed by atoms with Crippen molar-refractivity contribution < 1.29 is 13.2 Å². The van der Waals surface area contributed by atoms with Crippen LogP contribution in [0, 0.1) is 17.5 Å². The molecule has 0 unspecified atom stereocenters. The maximum absolute atomic E-state index is 17.3. The minimum absolute atomic E-state index is 0.00782. The van der Waals surface area contributed by atoms with Crippen molar-refractivity contribution in [3.63, 3.8) is 0 Å². The van der Waals surface area contributed by atoms with Crippen molar-refractivity contribution in [1.82, 2.24) is 0 Å². The van der Waals surface area contributed by atoms with Crippen LogP contribution in [-0.2, 0) is 0 Å². The summed E-state index contributed by atoms with van der Waals surface area (Å²) in [4.78, 5) is 0. The third-order valence-electron chi connectivity index (χ3n) is 9.65. The summed E-state index contributed by atoms with van der Waals surface area (Å²) in [7, 11) is 0. The third-order valence-corrected chi connectivity index (χ3v) is 9.65. The van der Waals surface area contributed by atoms with E-state index in [2.05, 4.69) is 0 Å². The van der Waals surface area contributed by atoms with Gasteiger partial charge in [0.05, 0.1) is 16.7 Å². The topological polar surface area (TPSA) is 78.1 Å². The molecule has 0 aliphatic heterocycles. The van der Waals surface area contributed by atoms with Gasteiger partial charge in [0.2, 0.25) is 0 Å². The van der Waals surface area contributed by atoms with Crippen molar-refractivity contribution in [1.29, 1.82) is 0 Å². The first kappa shape index (κ1) is 36.9. The van der Waals surface area contributed by atoms with Crippen LogP contribution < -0.4 is 17.2 Å². The van der Waals surface area contributed by atoms with E-state index in [-0.39, 0.29) is 52.2 Å². The molecule has 0 aromatic heterocycles. The maximum atomic E-state index is 17.3. The normalized spacial score (nSPS) is 12.2. The quantitative estimate of drug-likeness (QED) is 0.157. The SMILES string of the molecule is CC(C)c1cc(-c2c(F)c(-c3cc(C(C)C)c(N)c(C(C)C)c3)c(F)c(-c3cc(C(C)C)c(N)c(C(C)C)c3)c2F)cc(C(C)C)c1N. The van der Waals surface area contributed by atoms with Gasteiger partial charge in [-0.2, -0.15) is 0 Å². The second-order valence-electron chi connectivity index (χ2n) is 15.2. The molecule has 6 N–H and O–H groups in total. The molecule has 4 aromatic rings. The highest BCUT2D eigenvalue weighted by atomic mass is 19.1.